The van der Waals surface area contributed by atoms with Crippen LogP contribution in [-0.2, 0) is 25.6 Å². The van der Waals surface area contributed by atoms with Crippen LogP contribution < -0.4 is 27.4 Å². The predicted molar refractivity (Wildman–Crippen MR) is 150 cm³/mol. The van der Waals surface area contributed by atoms with E-state index < -0.39 is 29.8 Å². The van der Waals surface area contributed by atoms with Crippen LogP contribution in [0.2, 0.25) is 0 Å². The molecule has 38 heavy (non-hydrogen) atoms. The Kier molecular flexibility index (Phi) is 12.7. The monoisotopic (exact) mass is 525 g/mol. The second-order valence-corrected chi connectivity index (χ2v) is 9.74. The Morgan fingerprint density at radius 1 is 1.05 bits per heavy atom. The summed E-state index contributed by atoms with van der Waals surface area (Å²) in [6, 6.07) is 11.8. The largest absolute Gasteiger partial charge is 0.368 e. The lowest BCUT2D eigenvalue weighted by molar-refractivity contribution is -0.131. The van der Waals surface area contributed by atoms with Crippen molar-refractivity contribution in [1.29, 1.82) is 0 Å². The average Bonchev–Trinajstić information content (AvgIpc) is 3.71. The third-order valence-electron chi connectivity index (χ3n) is 6.54. The summed E-state index contributed by atoms with van der Waals surface area (Å²) in [6.45, 7) is 6.54. The fourth-order valence-electron chi connectivity index (χ4n) is 4.10. The molecule has 4 rings (SSSR count). The normalized spacial score (nSPS) is 17.9. The maximum atomic E-state index is 12.4. The number of hydrogen-bond acceptors (Lipinski definition) is 5. The zero-order valence-corrected chi connectivity index (χ0v) is 22.8. The van der Waals surface area contributed by atoms with Gasteiger partial charge >= 0.3 is 0 Å². The van der Waals surface area contributed by atoms with Crippen molar-refractivity contribution in [2.45, 2.75) is 71.4 Å². The molecule has 9 nitrogen and oxygen atoms in total. The highest BCUT2D eigenvalue weighted by atomic mass is 16.2. The van der Waals surface area contributed by atoms with Gasteiger partial charge in [-0.05, 0) is 47.9 Å². The highest BCUT2D eigenvalue weighted by molar-refractivity contribution is 5.92. The van der Waals surface area contributed by atoms with Crippen molar-refractivity contribution in [3.8, 4) is 0 Å². The van der Waals surface area contributed by atoms with E-state index in [1.807, 2.05) is 56.3 Å². The molecule has 1 saturated carbocycles. The summed E-state index contributed by atoms with van der Waals surface area (Å²) in [5.74, 6) is -1.23. The van der Waals surface area contributed by atoms with Crippen molar-refractivity contribution in [2.75, 3.05) is 13.1 Å². The molecule has 3 unspecified atom stereocenters. The topological polar surface area (TPSA) is 156 Å². The van der Waals surface area contributed by atoms with Crippen molar-refractivity contribution in [3.05, 3.63) is 48.0 Å². The molecule has 2 aromatic carbocycles. The third-order valence-corrected chi connectivity index (χ3v) is 6.54. The number of piperidine rings is 1. The molecular weight excluding hydrogens is 482 g/mol. The molecule has 4 amide bonds. The van der Waals surface area contributed by atoms with Crippen molar-refractivity contribution in [2.24, 2.45) is 23.3 Å². The first-order valence-corrected chi connectivity index (χ1v) is 13.6. The molecule has 0 bridgehead atoms. The maximum absolute atomic E-state index is 12.4. The first-order chi connectivity index (χ1) is 18.2. The number of carbonyl (C=O) groups excluding carboxylic acids is 4. The van der Waals surface area contributed by atoms with Gasteiger partial charge in [0, 0.05) is 12.5 Å². The van der Waals surface area contributed by atoms with Gasteiger partial charge in [0.25, 0.3) is 0 Å². The van der Waals surface area contributed by atoms with E-state index in [0.717, 1.165) is 28.7 Å². The fourth-order valence-corrected chi connectivity index (χ4v) is 4.10. The summed E-state index contributed by atoms with van der Waals surface area (Å²) in [4.78, 5) is 48.3. The third kappa shape index (κ3) is 10.1. The van der Waals surface area contributed by atoms with Gasteiger partial charge in [-0.15, -0.1) is 0 Å². The number of carbonyl (C=O) groups is 4. The van der Waals surface area contributed by atoms with E-state index in [9.17, 15) is 19.2 Å². The number of amides is 4. The van der Waals surface area contributed by atoms with E-state index in [4.69, 9.17) is 11.5 Å². The van der Waals surface area contributed by atoms with Gasteiger partial charge < -0.3 is 27.4 Å². The first kappa shape index (κ1) is 30.8. The Morgan fingerprint density at radius 3 is 2.34 bits per heavy atom. The van der Waals surface area contributed by atoms with Crippen LogP contribution in [0.4, 0.5) is 0 Å². The molecule has 0 radical (unpaired) electrons. The molecule has 1 aliphatic heterocycles. The molecule has 2 aliphatic rings. The van der Waals surface area contributed by atoms with Gasteiger partial charge in [0.2, 0.25) is 23.6 Å². The lowest BCUT2D eigenvalue weighted by atomic mass is 9.91. The van der Waals surface area contributed by atoms with Gasteiger partial charge in [0.1, 0.15) is 6.04 Å². The van der Waals surface area contributed by atoms with Crippen LogP contribution in [0.25, 0.3) is 10.8 Å². The number of hydrogen-bond donors (Lipinski definition) is 5. The highest BCUT2D eigenvalue weighted by Crippen LogP contribution is 2.26. The van der Waals surface area contributed by atoms with E-state index in [0.29, 0.717) is 19.4 Å². The van der Waals surface area contributed by atoms with Crippen LogP contribution in [0.1, 0.15) is 58.4 Å². The van der Waals surface area contributed by atoms with Crippen molar-refractivity contribution < 1.29 is 19.2 Å². The van der Waals surface area contributed by atoms with Gasteiger partial charge in [-0.25, -0.2) is 0 Å². The van der Waals surface area contributed by atoms with E-state index >= 15 is 0 Å². The van der Waals surface area contributed by atoms with Crippen molar-refractivity contribution >= 4 is 34.4 Å². The standard InChI is InChI=1S/C23H29N5O4.C4H8.C2H6/c24-18(11-15-7-3-6-14-5-1-2-9-17(14)15)23(32)27-13-20(29)28-19(21(25)30)12-16-8-4-10-26-22(16)31;1-4-2-3-4;1-2/h1-3,5-7,9,16,18-19H,4,8,10-13,24H2,(H2,25,30)(H,26,31)(H,27,32)(H,28,29);4H,2-3H2,1H3;1-2H3. The van der Waals surface area contributed by atoms with E-state index in [2.05, 4.69) is 22.9 Å². The van der Waals surface area contributed by atoms with Gasteiger partial charge in [-0.1, -0.05) is 76.1 Å². The molecule has 2 aromatic rings. The Labute approximate surface area is 225 Å². The Morgan fingerprint density at radius 2 is 1.71 bits per heavy atom. The molecule has 0 aromatic heterocycles. The minimum absolute atomic E-state index is 0.126. The fraction of sp³-hybridized carbons (Fsp3) is 0.517. The van der Waals surface area contributed by atoms with Gasteiger partial charge in [0.05, 0.1) is 12.6 Å². The molecule has 1 aliphatic carbocycles. The van der Waals surface area contributed by atoms with Crippen LogP contribution in [-0.4, -0.2) is 48.8 Å². The van der Waals surface area contributed by atoms with E-state index in [-0.39, 0.29) is 24.8 Å². The second kappa shape index (κ2) is 15.7. The van der Waals surface area contributed by atoms with E-state index in [1.54, 1.807) is 0 Å². The molecular formula is C29H43N5O4. The van der Waals surface area contributed by atoms with Crippen LogP contribution >= 0.6 is 0 Å². The molecule has 0 spiro atoms. The molecule has 7 N–H and O–H groups in total. The van der Waals surface area contributed by atoms with E-state index in [1.165, 1.54) is 12.8 Å². The summed E-state index contributed by atoms with van der Waals surface area (Å²) >= 11 is 0. The lowest BCUT2D eigenvalue weighted by Crippen LogP contribution is -2.51. The minimum atomic E-state index is -0.988. The summed E-state index contributed by atoms with van der Waals surface area (Å²) in [6.07, 6.45) is 4.85. The van der Waals surface area contributed by atoms with Gasteiger partial charge in [-0.3, -0.25) is 19.2 Å². The Hall–Kier alpha value is -3.46. The van der Waals surface area contributed by atoms with Crippen molar-refractivity contribution in [3.63, 3.8) is 0 Å². The molecule has 2 fully saturated rings. The number of fused-ring (bicyclic) bond motifs is 1. The summed E-state index contributed by atoms with van der Waals surface area (Å²) < 4.78 is 0. The smallest absolute Gasteiger partial charge is 0.240 e. The van der Waals surface area contributed by atoms with Crippen LogP contribution in [0.15, 0.2) is 42.5 Å². The number of primary amides is 1. The van der Waals surface area contributed by atoms with Gasteiger partial charge in [-0.2, -0.15) is 0 Å². The Balaban J connectivity index is 0.000000756. The van der Waals surface area contributed by atoms with Crippen LogP contribution in [0.5, 0.6) is 0 Å². The Bertz CT molecular complexity index is 1080. The summed E-state index contributed by atoms with van der Waals surface area (Å²) in [7, 11) is 0. The zero-order valence-electron chi connectivity index (χ0n) is 22.8. The predicted octanol–water partition coefficient (Wildman–Crippen LogP) is 2.15. The summed E-state index contributed by atoms with van der Waals surface area (Å²) in [5.41, 5.74) is 12.4. The number of benzene rings is 2. The average molecular weight is 526 g/mol. The van der Waals surface area contributed by atoms with Crippen molar-refractivity contribution in [1.82, 2.24) is 16.0 Å². The maximum Gasteiger partial charge on any atom is 0.240 e. The SMILES string of the molecule is CC.CC1CC1.NC(=O)C(CC1CCCNC1=O)NC(=O)CNC(=O)C(N)Cc1cccc2ccccc12. The second-order valence-electron chi connectivity index (χ2n) is 9.74. The molecule has 3 atom stereocenters. The summed E-state index contributed by atoms with van der Waals surface area (Å²) in [5, 5.41) is 9.82. The number of nitrogens with one attached hydrogen (secondary N) is 3. The minimum Gasteiger partial charge on any atom is -0.368 e. The molecule has 1 saturated heterocycles. The van der Waals surface area contributed by atoms with Crippen LogP contribution in [0.3, 0.4) is 0 Å². The molecule has 9 heteroatoms. The zero-order chi connectivity index (χ0) is 28.1. The van der Waals surface area contributed by atoms with Gasteiger partial charge in [0.15, 0.2) is 0 Å². The molecule has 208 valence electrons. The first-order valence-electron chi connectivity index (χ1n) is 13.6. The van der Waals surface area contributed by atoms with Crippen LogP contribution in [0, 0.1) is 11.8 Å². The number of rotatable bonds is 9. The molecule has 1 heterocycles. The highest BCUT2D eigenvalue weighted by Gasteiger charge is 2.29. The number of nitrogens with two attached hydrogens (primary N) is 2. The quantitative estimate of drug-likeness (QED) is 0.339. The lowest BCUT2D eigenvalue weighted by Gasteiger charge is -2.25.